The van der Waals surface area contributed by atoms with Gasteiger partial charge in [-0.3, -0.25) is 4.98 Å². The Hall–Kier alpha value is -3.48. The number of pyridine rings is 1. The van der Waals surface area contributed by atoms with Crippen LogP contribution in [-0.4, -0.2) is 31.2 Å². The summed E-state index contributed by atoms with van der Waals surface area (Å²) in [6, 6.07) is 8.76. The van der Waals surface area contributed by atoms with E-state index < -0.39 is 5.82 Å². The van der Waals surface area contributed by atoms with Gasteiger partial charge in [-0.25, -0.2) is 9.37 Å². The maximum Gasteiger partial charge on any atom is 0.160 e. The quantitative estimate of drug-likeness (QED) is 0.516. The summed E-state index contributed by atoms with van der Waals surface area (Å²) in [5.74, 6) is 0.664. The SMILES string of the molecule is CCc1cc(O)ccc1CCNc1cc(-c2cncc(F)c2)nc2c(C)cnn12. The predicted octanol–water partition coefficient (Wildman–Crippen LogP) is 4.16. The summed E-state index contributed by atoms with van der Waals surface area (Å²) in [6.07, 6.45) is 6.19. The number of nitrogens with zero attached hydrogens (tertiary/aromatic N) is 4. The number of rotatable bonds is 6. The number of halogens is 1. The van der Waals surface area contributed by atoms with Gasteiger partial charge in [-0.05, 0) is 49.1 Å². The van der Waals surface area contributed by atoms with E-state index in [0.29, 0.717) is 23.4 Å². The van der Waals surface area contributed by atoms with Gasteiger partial charge in [0.05, 0.1) is 18.1 Å². The van der Waals surface area contributed by atoms with Crippen LogP contribution < -0.4 is 5.32 Å². The highest BCUT2D eigenvalue weighted by atomic mass is 19.1. The van der Waals surface area contributed by atoms with Crippen molar-refractivity contribution in [3.05, 3.63) is 71.4 Å². The first-order chi connectivity index (χ1) is 14.0. The lowest BCUT2D eigenvalue weighted by Gasteiger charge is -2.13. The van der Waals surface area contributed by atoms with E-state index >= 15 is 0 Å². The monoisotopic (exact) mass is 391 g/mol. The highest BCUT2D eigenvalue weighted by Crippen LogP contribution is 2.24. The minimum absolute atomic E-state index is 0.287. The third-order valence-corrected chi connectivity index (χ3v) is 4.92. The number of fused-ring (bicyclic) bond motifs is 1. The molecule has 148 valence electrons. The molecule has 0 saturated heterocycles. The summed E-state index contributed by atoms with van der Waals surface area (Å²) in [5.41, 5.74) is 5.22. The summed E-state index contributed by atoms with van der Waals surface area (Å²) in [7, 11) is 0. The molecule has 7 heteroatoms. The molecule has 4 aromatic rings. The summed E-state index contributed by atoms with van der Waals surface area (Å²) in [4.78, 5) is 8.57. The van der Waals surface area contributed by atoms with Gasteiger partial charge in [-0.1, -0.05) is 13.0 Å². The number of benzene rings is 1. The molecule has 0 spiro atoms. The fraction of sp³-hybridized carbons (Fsp3) is 0.227. The van der Waals surface area contributed by atoms with Crippen molar-refractivity contribution in [1.82, 2.24) is 19.6 Å². The normalized spacial score (nSPS) is 11.1. The van der Waals surface area contributed by atoms with E-state index in [4.69, 9.17) is 0 Å². The number of aromatic hydroxyl groups is 1. The summed E-state index contributed by atoms with van der Waals surface area (Å²) >= 11 is 0. The summed E-state index contributed by atoms with van der Waals surface area (Å²) in [6.45, 7) is 4.69. The van der Waals surface area contributed by atoms with Crippen LogP contribution in [-0.2, 0) is 12.8 Å². The Morgan fingerprint density at radius 3 is 2.76 bits per heavy atom. The number of aromatic nitrogens is 4. The number of anilines is 1. The Morgan fingerprint density at radius 1 is 1.10 bits per heavy atom. The topological polar surface area (TPSA) is 75.3 Å². The molecular weight excluding hydrogens is 369 g/mol. The number of hydrogen-bond donors (Lipinski definition) is 2. The van der Waals surface area contributed by atoms with E-state index in [-0.39, 0.29) is 5.75 Å². The molecule has 0 aliphatic rings. The third-order valence-electron chi connectivity index (χ3n) is 4.92. The standard InChI is InChI=1S/C22H22FN5O/c1-3-15-9-19(29)5-4-16(15)6-7-25-21-10-20(17-8-18(23)13-24-12-17)27-22-14(2)11-26-28(21)22/h4-5,8-13,25,29H,3,6-7H2,1-2H3. The van der Waals surface area contributed by atoms with Crippen molar-refractivity contribution in [2.45, 2.75) is 26.7 Å². The van der Waals surface area contributed by atoms with E-state index in [1.165, 1.54) is 17.8 Å². The van der Waals surface area contributed by atoms with E-state index in [0.717, 1.165) is 29.8 Å². The van der Waals surface area contributed by atoms with Crippen LogP contribution in [0.5, 0.6) is 5.75 Å². The van der Waals surface area contributed by atoms with Crippen LogP contribution in [0.2, 0.25) is 0 Å². The van der Waals surface area contributed by atoms with Gasteiger partial charge in [-0.2, -0.15) is 9.61 Å². The molecule has 2 N–H and O–H groups in total. The van der Waals surface area contributed by atoms with Crippen molar-refractivity contribution in [3.63, 3.8) is 0 Å². The number of phenolic OH excluding ortho intramolecular Hbond substituents is 1. The largest absolute Gasteiger partial charge is 0.508 e. The Balaban J connectivity index is 1.63. The van der Waals surface area contributed by atoms with Gasteiger partial charge in [-0.15, -0.1) is 0 Å². The van der Waals surface area contributed by atoms with Gasteiger partial charge >= 0.3 is 0 Å². The first-order valence-electron chi connectivity index (χ1n) is 9.56. The first-order valence-corrected chi connectivity index (χ1v) is 9.56. The van der Waals surface area contributed by atoms with Crippen LogP contribution >= 0.6 is 0 Å². The molecule has 3 heterocycles. The molecule has 0 amide bonds. The lowest BCUT2D eigenvalue weighted by molar-refractivity contribution is 0.474. The molecule has 3 aromatic heterocycles. The van der Waals surface area contributed by atoms with Crippen LogP contribution in [0.1, 0.15) is 23.6 Å². The molecule has 0 bridgehead atoms. The molecule has 29 heavy (non-hydrogen) atoms. The van der Waals surface area contributed by atoms with E-state index in [9.17, 15) is 9.50 Å². The predicted molar refractivity (Wildman–Crippen MR) is 111 cm³/mol. The molecule has 1 aromatic carbocycles. The van der Waals surface area contributed by atoms with E-state index in [1.807, 2.05) is 25.1 Å². The fourth-order valence-electron chi connectivity index (χ4n) is 3.41. The number of hydrogen-bond acceptors (Lipinski definition) is 5. The van der Waals surface area contributed by atoms with Crippen LogP contribution in [0.15, 0.2) is 48.9 Å². The molecule has 6 nitrogen and oxygen atoms in total. The van der Waals surface area contributed by atoms with Crippen molar-refractivity contribution in [2.24, 2.45) is 0 Å². The second-order valence-electron chi connectivity index (χ2n) is 6.96. The molecule has 0 radical (unpaired) electrons. The molecular formula is C22H22FN5O. The number of aryl methyl sites for hydroxylation is 2. The zero-order chi connectivity index (χ0) is 20.4. The Morgan fingerprint density at radius 2 is 1.97 bits per heavy atom. The maximum absolute atomic E-state index is 13.6. The average Bonchev–Trinajstić information content (AvgIpc) is 3.10. The van der Waals surface area contributed by atoms with Crippen molar-refractivity contribution < 1.29 is 9.50 Å². The van der Waals surface area contributed by atoms with Gasteiger partial charge in [0.2, 0.25) is 0 Å². The highest BCUT2D eigenvalue weighted by molar-refractivity contribution is 5.67. The second kappa shape index (κ2) is 7.87. The van der Waals surface area contributed by atoms with Gasteiger partial charge < -0.3 is 10.4 Å². The minimum atomic E-state index is -0.400. The first kappa shape index (κ1) is 18.9. The smallest absolute Gasteiger partial charge is 0.160 e. The molecule has 0 aliphatic carbocycles. The van der Waals surface area contributed by atoms with Crippen molar-refractivity contribution in [3.8, 4) is 17.0 Å². The van der Waals surface area contributed by atoms with Crippen LogP contribution in [0.25, 0.3) is 16.9 Å². The molecule has 0 atom stereocenters. The summed E-state index contributed by atoms with van der Waals surface area (Å²) in [5, 5.41) is 17.5. The molecule has 4 rings (SSSR count). The average molecular weight is 391 g/mol. The number of phenols is 1. The van der Waals surface area contributed by atoms with Crippen LogP contribution in [0.4, 0.5) is 10.2 Å². The van der Waals surface area contributed by atoms with Crippen molar-refractivity contribution in [2.75, 3.05) is 11.9 Å². The minimum Gasteiger partial charge on any atom is -0.508 e. The third kappa shape index (κ3) is 3.89. The Bertz CT molecular complexity index is 1170. The van der Waals surface area contributed by atoms with Gasteiger partial charge in [0.15, 0.2) is 5.65 Å². The van der Waals surface area contributed by atoms with Crippen LogP contribution in [0, 0.1) is 12.7 Å². The fourth-order valence-corrected chi connectivity index (χ4v) is 3.41. The van der Waals surface area contributed by atoms with E-state index in [1.54, 1.807) is 23.0 Å². The Labute approximate surface area is 168 Å². The number of nitrogens with one attached hydrogen (secondary N) is 1. The van der Waals surface area contributed by atoms with Crippen LogP contribution in [0.3, 0.4) is 0 Å². The second-order valence-corrected chi connectivity index (χ2v) is 6.96. The molecule has 0 saturated carbocycles. The lowest BCUT2D eigenvalue weighted by atomic mass is 10.0. The maximum atomic E-state index is 13.6. The highest BCUT2D eigenvalue weighted by Gasteiger charge is 2.12. The lowest BCUT2D eigenvalue weighted by Crippen LogP contribution is -2.11. The molecule has 0 unspecified atom stereocenters. The Kier molecular flexibility index (Phi) is 5.12. The molecule has 0 fully saturated rings. The van der Waals surface area contributed by atoms with Gasteiger partial charge in [0.1, 0.15) is 17.4 Å². The van der Waals surface area contributed by atoms with Gasteiger partial charge in [0, 0.05) is 29.9 Å². The van der Waals surface area contributed by atoms with Crippen molar-refractivity contribution >= 4 is 11.5 Å². The van der Waals surface area contributed by atoms with Gasteiger partial charge in [0.25, 0.3) is 0 Å². The zero-order valence-corrected chi connectivity index (χ0v) is 16.4. The van der Waals surface area contributed by atoms with E-state index in [2.05, 4.69) is 27.3 Å². The molecule has 0 aliphatic heterocycles. The zero-order valence-electron chi connectivity index (χ0n) is 16.4. The summed E-state index contributed by atoms with van der Waals surface area (Å²) < 4.78 is 15.4. The van der Waals surface area contributed by atoms with Crippen molar-refractivity contribution in [1.29, 1.82) is 0 Å².